The van der Waals surface area contributed by atoms with Gasteiger partial charge in [-0.25, -0.2) is 4.98 Å². The van der Waals surface area contributed by atoms with Gasteiger partial charge in [-0.1, -0.05) is 0 Å². The molecule has 1 aromatic heterocycles. The van der Waals surface area contributed by atoms with Gasteiger partial charge in [-0.3, -0.25) is 9.59 Å². The summed E-state index contributed by atoms with van der Waals surface area (Å²) in [5.74, 6) is 1.14. The van der Waals surface area contributed by atoms with Crippen LogP contribution in [-0.2, 0) is 4.79 Å². The Bertz CT molecular complexity index is 820. The van der Waals surface area contributed by atoms with Crippen molar-refractivity contribution in [3.8, 4) is 5.75 Å². The second-order valence-corrected chi connectivity index (χ2v) is 5.45. The zero-order valence-corrected chi connectivity index (χ0v) is 11.2. The molecule has 2 aromatic rings. The molecule has 0 bridgehead atoms. The van der Waals surface area contributed by atoms with Gasteiger partial charge in [0.1, 0.15) is 11.6 Å². The van der Waals surface area contributed by atoms with Crippen LogP contribution in [0.2, 0.25) is 0 Å². The van der Waals surface area contributed by atoms with E-state index in [9.17, 15) is 9.59 Å². The number of aryl methyl sites for hydroxylation is 1. The third kappa shape index (κ3) is 1.36. The van der Waals surface area contributed by atoms with Crippen LogP contribution in [-0.4, -0.2) is 28.5 Å². The summed E-state index contributed by atoms with van der Waals surface area (Å²) in [6, 6.07) is 3.42. The van der Waals surface area contributed by atoms with E-state index in [-0.39, 0.29) is 11.5 Å². The number of hydrogen-bond donors (Lipinski definition) is 1. The lowest BCUT2D eigenvalue weighted by atomic mass is 10.1. The maximum atomic E-state index is 12.2. The quantitative estimate of drug-likeness (QED) is 0.779. The highest BCUT2D eigenvalue weighted by atomic mass is 16.5. The van der Waals surface area contributed by atoms with Crippen LogP contribution >= 0.6 is 0 Å². The van der Waals surface area contributed by atoms with Crippen LogP contribution in [0, 0.1) is 6.92 Å². The van der Waals surface area contributed by atoms with Gasteiger partial charge in [0.2, 0.25) is 0 Å². The molecule has 6 nitrogen and oxygen atoms in total. The molecule has 1 aliphatic heterocycles. The van der Waals surface area contributed by atoms with Crippen LogP contribution in [0.15, 0.2) is 16.9 Å². The Morgan fingerprint density at radius 1 is 1.35 bits per heavy atom. The number of nitrogens with zero attached hydrogens (tertiary/aromatic N) is 2. The van der Waals surface area contributed by atoms with Crippen molar-refractivity contribution in [2.24, 2.45) is 0 Å². The van der Waals surface area contributed by atoms with E-state index in [2.05, 4.69) is 9.97 Å². The fourth-order valence-electron chi connectivity index (χ4n) is 2.71. The second kappa shape index (κ2) is 3.39. The molecule has 1 N–H and O–H groups in total. The lowest BCUT2D eigenvalue weighted by Crippen LogP contribution is -2.45. The lowest BCUT2D eigenvalue weighted by molar-refractivity contribution is -0.127. The summed E-state index contributed by atoms with van der Waals surface area (Å²) in [4.78, 5) is 32.8. The third-order valence-corrected chi connectivity index (χ3v) is 3.97. The first-order valence-corrected chi connectivity index (χ1v) is 6.52. The first-order valence-electron chi connectivity index (χ1n) is 6.52. The molecule has 1 aliphatic carbocycles. The minimum absolute atomic E-state index is 0.0409. The average molecular weight is 271 g/mol. The number of H-pyrrole nitrogens is 1. The van der Waals surface area contributed by atoms with Crippen molar-refractivity contribution < 1.29 is 9.53 Å². The molecule has 102 valence electrons. The Hall–Kier alpha value is -2.37. The monoisotopic (exact) mass is 271 g/mol. The fraction of sp³-hybridized carbons (Fsp3) is 0.357. The highest BCUT2D eigenvalue weighted by Crippen LogP contribution is 2.49. The number of likely N-dealkylation sites (N-methyl/N-ethyl adjacent to an activating group) is 1. The van der Waals surface area contributed by atoms with Crippen LogP contribution in [0.4, 0.5) is 5.69 Å². The molecule has 0 saturated heterocycles. The van der Waals surface area contributed by atoms with Gasteiger partial charge in [0.05, 0.1) is 16.6 Å². The van der Waals surface area contributed by atoms with Crippen molar-refractivity contribution in [2.75, 3.05) is 11.9 Å². The average Bonchev–Trinajstić information content (AvgIpc) is 3.15. The van der Waals surface area contributed by atoms with E-state index in [0.29, 0.717) is 28.2 Å². The molecule has 0 atom stereocenters. The van der Waals surface area contributed by atoms with Gasteiger partial charge in [-0.2, -0.15) is 0 Å². The fourth-order valence-corrected chi connectivity index (χ4v) is 2.71. The van der Waals surface area contributed by atoms with E-state index in [1.807, 2.05) is 0 Å². The molecule has 0 unspecified atom stereocenters. The van der Waals surface area contributed by atoms with Crippen molar-refractivity contribution in [1.82, 2.24) is 9.97 Å². The van der Waals surface area contributed by atoms with Crippen molar-refractivity contribution in [3.63, 3.8) is 0 Å². The van der Waals surface area contributed by atoms with E-state index in [1.54, 1.807) is 31.0 Å². The topological polar surface area (TPSA) is 75.3 Å². The molecule has 1 spiro atoms. The molecule has 6 heteroatoms. The Balaban J connectivity index is 2.01. The van der Waals surface area contributed by atoms with Crippen LogP contribution < -0.4 is 15.2 Å². The van der Waals surface area contributed by atoms with Gasteiger partial charge in [-0.15, -0.1) is 0 Å². The van der Waals surface area contributed by atoms with E-state index < -0.39 is 5.60 Å². The number of fused-ring (bicyclic) bond motifs is 2. The summed E-state index contributed by atoms with van der Waals surface area (Å²) in [6.45, 7) is 1.74. The molecule has 1 amide bonds. The highest BCUT2D eigenvalue weighted by Gasteiger charge is 2.57. The van der Waals surface area contributed by atoms with Gasteiger partial charge in [0.25, 0.3) is 11.5 Å². The zero-order valence-electron chi connectivity index (χ0n) is 11.2. The predicted octanol–water partition coefficient (Wildman–Crippen LogP) is 1.12. The molecular formula is C14H13N3O3. The van der Waals surface area contributed by atoms with E-state index >= 15 is 0 Å². The Kier molecular flexibility index (Phi) is 1.94. The molecule has 2 aliphatic rings. The second-order valence-electron chi connectivity index (χ2n) is 5.45. The van der Waals surface area contributed by atoms with Gasteiger partial charge in [0.15, 0.2) is 5.60 Å². The molecule has 1 aromatic carbocycles. The number of benzene rings is 1. The number of aromatic nitrogens is 2. The maximum Gasteiger partial charge on any atom is 0.271 e. The number of amides is 1. The SMILES string of the molecule is Cc1nc2cc3c(cc2c(=O)[nH]1)N(C)C(=O)C1(CC1)O3. The normalized spacial score (nSPS) is 19.1. The summed E-state index contributed by atoms with van der Waals surface area (Å²) in [7, 11) is 1.71. The van der Waals surface area contributed by atoms with E-state index in [1.165, 1.54) is 0 Å². The van der Waals surface area contributed by atoms with Crippen molar-refractivity contribution >= 4 is 22.5 Å². The maximum absolute atomic E-state index is 12.2. The third-order valence-electron chi connectivity index (χ3n) is 3.97. The van der Waals surface area contributed by atoms with Crippen molar-refractivity contribution in [1.29, 1.82) is 0 Å². The summed E-state index contributed by atoms with van der Waals surface area (Å²) in [5.41, 5.74) is 0.327. The number of carbonyl (C=O) groups excluding carboxylic acids is 1. The first kappa shape index (κ1) is 11.5. The lowest BCUT2D eigenvalue weighted by Gasteiger charge is -2.32. The van der Waals surface area contributed by atoms with Gasteiger partial charge >= 0.3 is 0 Å². The smallest absolute Gasteiger partial charge is 0.271 e. The van der Waals surface area contributed by atoms with E-state index in [4.69, 9.17) is 4.74 Å². The molecular weight excluding hydrogens is 258 g/mol. The molecule has 20 heavy (non-hydrogen) atoms. The minimum Gasteiger partial charge on any atom is -0.475 e. The summed E-state index contributed by atoms with van der Waals surface area (Å²) < 4.78 is 5.86. The number of rotatable bonds is 0. The number of nitrogens with one attached hydrogen (secondary N) is 1. The first-order chi connectivity index (χ1) is 9.50. The molecule has 2 heterocycles. The standard InChI is InChI=1S/C14H13N3O3/c1-7-15-9-6-11-10(5-8(9)12(18)16-7)17(2)13(19)14(20-11)3-4-14/h5-6H,3-4H2,1-2H3,(H,15,16,18). The number of aromatic amines is 1. The van der Waals surface area contributed by atoms with E-state index in [0.717, 1.165) is 12.8 Å². The molecule has 4 rings (SSSR count). The van der Waals surface area contributed by atoms with Crippen molar-refractivity contribution in [3.05, 3.63) is 28.3 Å². The van der Waals surface area contributed by atoms with Crippen LogP contribution in [0.25, 0.3) is 10.9 Å². The summed E-state index contributed by atoms with van der Waals surface area (Å²) in [6.07, 6.45) is 1.49. The largest absolute Gasteiger partial charge is 0.475 e. The van der Waals surface area contributed by atoms with Gasteiger partial charge in [0, 0.05) is 26.0 Å². The number of ether oxygens (including phenoxy) is 1. The van der Waals surface area contributed by atoms with Gasteiger partial charge in [-0.05, 0) is 13.0 Å². The summed E-state index contributed by atoms with van der Waals surface area (Å²) >= 11 is 0. The van der Waals surface area contributed by atoms with Gasteiger partial charge < -0.3 is 14.6 Å². The molecule has 0 radical (unpaired) electrons. The van der Waals surface area contributed by atoms with Crippen LogP contribution in [0.3, 0.4) is 0 Å². The minimum atomic E-state index is -0.675. The Morgan fingerprint density at radius 2 is 2.10 bits per heavy atom. The van der Waals surface area contributed by atoms with Crippen LogP contribution in [0.1, 0.15) is 18.7 Å². The Morgan fingerprint density at radius 3 is 2.80 bits per heavy atom. The number of anilines is 1. The number of hydrogen-bond acceptors (Lipinski definition) is 4. The zero-order chi connectivity index (χ0) is 14.1. The summed E-state index contributed by atoms with van der Waals surface area (Å²) in [5, 5.41) is 0.462. The molecule has 1 saturated carbocycles. The predicted molar refractivity (Wildman–Crippen MR) is 73.1 cm³/mol. The van der Waals surface area contributed by atoms with Crippen molar-refractivity contribution in [2.45, 2.75) is 25.4 Å². The van der Waals surface area contributed by atoms with Crippen LogP contribution in [0.5, 0.6) is 5.75 Å². The number of carbonyl (C=O) groups is 1. The molecule has 1 fully saturated rings. The Labute approximate surface area is 114 Å². The highest BCUT2D eigenvalue weighted by molar-refractivity contribution is 6.06.